The molecule has 0 aliphatic heterocycles. The highest BCUT2D eigenvalue weighted by molar-refractivity contribution is 6.07. The predicted molar refractivity (Wildman–Crippen MR) is 166 cm³/mol. The topological polar surface area (TPSA) is 51.8 Å². The molecule has 0 saturated carbocycles. The third kappa shape index (κ3) is 4.14. The monoisotopic (exact) mass is 525 g/mol. The van der Waals surface area contributed by atoms with Gasteiger partial charge in [0, 0.05) is 27.5 Å². The Balaban J connectivity index is 1.25. The van der Waals surface area contributed by atoms with Crippen LogP contribution >= 0.6 is 0 Å². The molecule has 8 aromatic rings. The second-order valence-electron chi connectivity index (χ2n) is 10.1. The molecule has 41 heavy (non-hydrogen) atoms. The van der Waals surface area contributed by atoms with Gasteiger partial charge in [0.1, 0.15) is 11.2 Å². The molecule has 6 aromatic carbocycles. The average molecular weight is 526 g/mol. The van der Waals surface area contributed by atoms with Crippen LogP contribution in [0.2, 0.25) is 0 Å². The zero-order valence-electron chi connectivity index (χ0n) is 22.0. The van der Waals surface area contributed by atoms with Crippen LogP contribution in [0.15, 0.2) is 144 Å². The summed E-state index contributed by atoms with van der Waals surface area (Å²) >= 11 is 0. The predicted octanol–water partition coefficient (Wildman–Crippen LogP) is 9.59. The Kier molecular flexibility index (Phi) is 5.42. The lowest BCUT2D eigenvalue weighted by Crippen LogP contribution is -2.00. The molecule has 0 spiro atoms. The number of rotatable bonds is 4. The normalized spacial score (nSPS) is 11.4. The van der Waals surface area contributed by atoms with Gasteiger partial charge < -0.3 is 4.42 Å². The highest BCUT2D eigenvalue weighted by Gasteiger charge is 2.14. The third-order valence-corrected chi connectivity index (χ3v) is 7.53. The quantitative estimate of drug-likeness (QED) is 0.230. The largest absolute Gasteiger partial charge is 0.456 e. The van der Waals surface area contributed by atoms with E-state index in [1.165, 1.54) is 0 Å². The van der Waals surface area contributed by atoms with Gasteiger partial charge >= 0.3 is 0 Å². The third-order valence-electron chi connectivity index (χ3n) is 7.53. The Labute approximate surface area is 236 Å². The van der Waals surface area contributed by atoms with Crippen molar-refractivity contribution < 1.29 is 4.42 Å². The van der Waals surface area contributed by atoms with Crippen molar-refractivity contribution in [1.29, 1.82) is 0 Å². The van der Waals surface area contributed by atoms with Crippen molar-refractivity contribution >= 4 is 32.7 Å². The fourth-order valence-electron chi connectivity index (χ4n) is 5.51. The van der Waals surface area contributed by atoms with Crippen molar-refractivity contribution in [2.75, 3.05) is 0 Å². The summed E-state index contributed by atoms with van der Waals surface area (Å²) in [4.78, 5) is 14.6. The fraction of sp³-hybridized carbons (Fsp3) is 0. The van der Waals surface area contributed by atoms with E-state index < -0.39 is 0 Å². The zero-order valence-corrected chi connectivity index (χ0v) is 22.0. The molecule has 8 rings (SSSR count). The number of furan rings is 1. The van der Waals surface area contributed by atoms with E-state index >= 15 is 0 Å². The Morgan fingerprint density at radius 3 is 1.68 bits per heavy atom. The number of hydrogen-bond acceptors (Lipinski definition) is 4. The smallest absolute Gasteiger partial charge is 0.164 e. The summed E-state index contributed by atoms with van der Waals surface area (Å²) in [5, 5.41) is 4.55. The van der Waals surface area contributed by atoms with Gasteiger partial charge in [0.15, 0.2) is 17.5 Å². The van der Waals surface area contributed by atoms with Crippen LogP contribution in [0.1, 0.15) is 0 Å². The van der Waals surface area contributed by atoms with Crippen molar-refractivity contribution in [3.8, 4) is 45.3 Å². The summed E-state index contributed by atoms with van der Waals surface area (Å²) in [5.74, 6) is 1.96. The lowest BCUT2D eigenvalue weighted by Gasteiger charge is -2.11. The Bertz CT molecular complexity index is 2140. The molecule has 0 unspecified atom stereocenters. The maximum absolute atomic E-state index is 6.18. The van der Waals surface area contributed by atoms with E-state index in [4.69, 9.17) is 19.4 Å². The summed E-state index contributed by atoms with van der Waals surface area (Å²) in [5.41, 5.74) is 6.93. The highest BCUT2D eigenvalue weighted by atomic mass is 16.3. The van der Waals surface area contributed by atoms with Gasteiger partial charge in [-0.2, -0.15) is 0 Å². The van der Waals surface area contributed by atoms with Crippen LogP contribution in [0.25, 0.3) is 78.0 Å². The van der Waals surface area contributed by atoms with E-state index in [-0.39, 0.29) is 0 Å². The molecule has 0 amide bonds. The van der Waals surface area contributed by atoms with E-state index in [1.807, 2.05) is 78.9 Å². The van der Waals surface area contributed by atoms with Gasteiger partial charge in [-0.3, -0.25) is 0 Å². The number of nitrogens with zero attached hydrogens (tertiary/aromatic N) is 3. The number of fused-ring (bicyclic) bond motifs is 4. The first-order valence-corrected chi connectivity index (χ1v) is 13.6. The average Bonchev–Trinajstić information content (AvgIpc) is 3.43. The molecular weight excluding hydrogens is 502 g/mol. The first-order valence-electron chi connectivity index (χ1n) is 13.6. The van der Waals surface area contributed by atoms with Crippen LogP contribution < -0.4 is 0 Å². The van der Waals surface area contributed by atoms with Crippen molar-refractivity contribution in [2.24, 2.45) is 0 Å². The van der Waals surface area contributed by atoms with Crippen LogP contribution in [-0.2, 0) is 0 Å². The van der Waals surface area contributed by atoms with Gasteiger partial charge in [0.25, 0.3) is 0 Å². The van der Waals surface area contributed by atoms with Crippen molar-refractivity contribution in [3.05, 3.63) is 140 Å². The second kappa shape index (κ2) is 9.54. The maximum Gasteiger partial charge on any atom is 0.164 e. The molecule has 0 radical (unpaired) electrons. The van der Waals surface area contributed by atoms with Gasteiger partial charge in [-0.15, -0.1) is 0 Å². The van der Waals surface area contributed by atoms with Crippen molar-refractivity contribution in [3.63, 3.8) is 0 Å². The first kappa shape index (κ1) is 23.3. The van der Waals surface area contributed by atoms with E-state index in [1.54, 1.807) is 0 Å². The number of para-hydroxylation sites is 1. The molecule has 0 bridgehead atoms. The molecule has 2 aromatic heterocycles. The number of benzene rings is 6. The Morgan fingerprint density at radius 1 is 0.366 bits per heavy atom. The van der Waals surface area contributed by atoms with Gasteiger partial charge in [0.2, 0.25) is 0 Å². The first-order chi connectivity index (χ1) is 20.3. The summed E-state index contributed by atoms with van der Waals surface area (Å²) in [6, 6.07) is 47.6. The summed E-state index contributed by atoms with van der Waals surface area (Å²) < 4.78 is 6.18. The van der Waals surface area contributed by atoms with Gasteiger partial charge in [0.05, 0.1) is 0 Å². The summed E-state index contributed by atoms with van der Waals surface area (Å²) in [7, 11) is 0. The molecule has 0 aliphatic rings. The Hall–Kier alpha value is -5.61. The van der Waals surface area contributed by atoms with E-state index in [0.717, 1.165) is 60.5 Å². The molecule has 0 aliphatic carbocycles. The molecule has 4 nitrogen and oxygen atoms in total. The lowest BCUT2D eigenvalue weighted by atomic mass is 9.96. The minimum absolute atomic E-state index is 0.647. The molecule has 0 atom stereocenters. The van der Waals surface area contributed by atoms with Crippen LogP contribution in [0.5, 0.6) is 0 Å². The van der Waals surface area contributed by atoms with Crippen LogP contribution in [0, 0.1) is 0 Å². The molecule has 2 heterocycles. The standard InChI is InChI=1S/C37H23N3O/c1-3-10-24(11-4-1)35-38-36(25-12-5-2-6-13-25)40-37(39-35)28-19-20-30-26(22-28)14-9-16-29(30)27-18-21-32-31-15-7-8-17-33(31)41-34(32)23-27/h1-23H. The lowest BCUT2D eigenvalue weighted by molar-refractivity contribution is 0.669. The van der Waals surface area contributed by atoms with Gasteiger partial charge in [-0.25, -0.2) is 15.0 Å². The van der Waals surface area contributed by atoms with Crippen molar-refractivity contribution in [1.82, 2.24) is 15.0 Å². The van der Waals surface area contributed by atoms with E-state index in [0.29, 0.717) is 17.5 Å². The molecule has 4 heteroatoms. The molecule has 192 valence electrons. The molecule has 0 N–H and O–H groups in total. The van der Waals surface area contributed by atoms with Crippen molar-refractivity contribution in [2.45, 2.75) is 0 Å². The van der Waals surface area contributed by atoms with E-state index in [9.17, 15) is 0 Å². The molecule has 0 saturated heterocycles. The van der Waals surface area contributed by atoms with E-state index in [2.05, 4.69) is 60.7 Å². The highest BCUT2D eigenvalue weighted by Crippen LogP contribution is 2.36. The van der Waals surface area contributed by atoms with Gasteiger partial charge in [-0.05, 0) is 46.2 Å². The SMILES string of the molecule is c1ccc(-c2nc(-c3ccccc3)nc(-c3ccc4c(-c5ccc6c(c5)oc5ccccc56)cccc4c3)n2)cc1. The van der Waals surface area contributed by atoms with Crippen LogP contribution in [0.4, 0.5) is 0 Å². The van der Waals surface area contributed by atoms with Gasteiger partial charge in [-0.1, -0.05) is 115 Å². The van der Waals surface area contributed by atoms with Crippen LogP contribution in [-0.4, -0.2) is 15.0 Å². The van der Waals surface area contributed by atoms with Crippen LogP contribution in [0.3, 0.4) is 0 Å². The summed E-state index contributed by atoms with van der Waals surface area (Å²) in [6.45, 7) is 0. The number of hydrogen-bond donors (Lipinski definition) is 0. The molecular formula is C37H23N3O. The minimum Gasteiger partial charge on any atom is -0.456 e. The summed E-state index contributed by atoms with van der Waals surface area (Å²) in [6.07, 6.45) is 0. The second-order valence-corrected chi connectivity index (χ2v) is 10.1. The fourth-order valence-corrected chi connectivity index (χ4v) is 5.51. The minimum atomic E-state index is 0.647. The maximum atomic E-state index is 6.18. The Morgan fingerprint density at radius 2 is 0.951 bits per heavy atom. The molecule has 0 fully saturated rings. The number of aromatic nitrogens is 3. The zero-order chi connectivity index (χ0) is 27.2.